The van der Waals surface area contributed by atoms with Crippen molar-refractivity contribution in [1.82, 2.24) is 9.97 Å². The van der Waals surface area contributed by atoms with E-state index < -0.39 is 10.0 Å². The van der Waals surface area contributed by atoms with Crippen molar-refractivity contribution in [3.05, 3.63) is 42.0 Å². The number of aryl methyl sites for hydroxylation is 1. The van der Waals surface area contributed by atoms with Gasteiger partial charge in [0.1, 0.15) is 6.33 Å². The number of nitrogen functional groups attached to an aromatic ring is 1. The van der Waals surface area contributed by atoms with Crippen LogP contribution in [0.5, 0.6) is 0 Å². The van der Waals surface area contributed by atoms with Gasteiger partial charge in [0.15, 0.2) is 0 Å². The second kappa shape index (κ2) is 4.85. The zero-order chi connectivity index (χ0) is 14.0. The van der Waals surface area contributed by atoms with Crippen molar-refractivity contribution >= 4 is 21.4 Å². The lowest BCUT2D eigenvalue weighted by molar-refractivity contribution is 0.600. The molecule has 2 aromatic rings. The number of hydrogen-bond acceptors (Lipinski definition) is 5. The minimum absolute atomic E-state index is 0.161. The molecule has 0 spiro atoms. The molecule has 0 saturated carbocycles. The molecule has 0 bridgehead atoms. The Balaban J connectivity index is 2.46. The molecule has 3 N–H and O–H groups in total. The monoisotopic (exact) mass is 278 g/mol. The summed E-state index contributed by atoms with van der Waals surface area (Å²) in [5.41, 5.74) is 7.86. The van der Waals surface area contributed by atoms with Gasteiger partial charge in [0.2, 0.25) is 0 Å². The van der Waals surface area contributed by atoms with Crippen LogP contribution in [0.3, 0.4) is 0 Å². The molecule has 0 amide bonds. The molecular formula is C12H14N4O2S. The minimum atomic E-state index is -3.70. The first-order valence-electron chi connectivity index (χ1n) is 5.55. The summed E-state index contributed by atoms with van der Waals surface area (Å²) in [5.74, 6) is 0. The molecule has 0 atom stereocenters. The summed E-state index contributed by atoms with van der Waals surface area (Å²) in [4.78, 5) is 7.68. The number of nitrogens with two attached hydrogens (primary N) is 1. The van der Waals surface area contributed by atoms with Gasteiger partial charge in [-0.05, 0) is 37.1 Å². The number of hydrogen-bond donors (Lipinski definition) is 2. The van der Waals surface area contributed by atoms with Gasteiger partial charge >= 0.3 is 0 Å². The summed E-state index contributed by atoms with van der Waals surface area (Å²) in [6.45, 7) is 3.46. The summed E-state index contributed by atoms with van der Waals surface area (Å²) in [7, 11) is -3.70. The van der Waals surface area contributed by atoms with E-state index in [4.69, 9.17) is 5.73 Å². The van der Waals surface area contributed by atoms with E-state index in [1.54, 1.807) is 26.0 Å². The van der Waals surface area contributed by atoms with Crippen LogP contribution in [-0.4, -0.2) is 18.4 Å². The highest BCUT2D eigenvalue weighted by molar-refractivity contribution is 7.92. The van der Waals surface area contributed by atoms with E-state index in [9.17, 15) is 8.42 Å². The van der Waals surface area contributed by atoms with Crippen LogP contribution < -0.4 is 10.5 Å². The van der Waals surface area contributed by atoms with Gasteiger partial charge in [-0.2, -0.15) is 0 Å². The third-order valence-corrected chi connectivity index (χ3v) is 4.15. The van der Waals surface area contributed by atoms with Crippen LogP contribution in [0.2, 0.25) is 0 Å². The Bertz CT molecular complexity index is 699. The first kappa shape index (κ1) is 13.3. The highest BCUT2D eigenvalue weighted by Gasteiger charge is 2.19. The first-order valence-corrected chi connectivity index (χ1v) is 7.03. The average molecular weight is 278 g/mol. The normalized spacial score (nSPS) is 11.3. The van der Waals surface area contributed by atoms with Crippen molar-refractivity contribution in [2.75, 3.05) is 10.5 Å². The fraction of sp³-hybridized carbons (Fsp3) is 0.167. The molecule has 2 rings (SSSR count). The van der Waals surface area contributed by atoms with Gasteiger partial charge in [-0.25, -0.2) is 18.4 Å². The maximum absolute atomic E-state index is 12.3. The molecular weight excluding hydrogens is 264 g/mol. The molecule has 0 unspecified atom stereocenters. The van der Waals surface area contributed by atoms with E-state index in [2.05, 4.69) is 14.7 Å². The Morgan fingerprint density at radius 3 is 2.42 bits per heavy atom. The third kappa shape index (κ3) is 2.82. The molecule has 7 heteroatoms. The number of aromatic nitrogens is 2. The lowest BCUT2D eigenvalue weighted by atomic mass is 10.1. The fourth-order valence-corrected chi connectivity index (χ4v) is 3.08. The minimum Gasteiger partial charge on any atom is -0.398 e. The van der Waals surface area contributed by atoms with Gasteiger partial charge in [0.05, 0.1) is 23.0 Å². The molecule has 19 heavy (non-hydrogen) atoms. The highest BCUT2D eigenvalue weighted by Crippen LogP contribution is 2.24. The molecule has 0 aliphatic carbocycles. The first-order chi connectivity index (χ1) is 8.90. The zero-order valence-electron chi connectivity index (χ0n) is 10.6. The van der Waals surface area contributed by atoms with Crippen LogP contribution in [0.4, 0.5) is 11.4 Å². The maximum Gasteiger partial charge on any atom is 0.262 e. The molecule has 0 saturated heterocycles. The standard InChI is InChI=1S/C12H14N4O2S/c1-8-3-11(13)9(2)12(4-8)19(17,18)16-10-5-14-7-15-6-10/h3-7,16H,13H2,1-2H3. The topological polar surface area (TPSA) is 98.0 Å². The quantitative estimate of drug-likeness (QED) is 0.829. The summed E-state index contributed by atoms with van der Waals surface area (Å²) in [6.07, 6.45) is 4.10. The van der Waals surface area contributed by atoms with Crippen molar-refractivity contribution in [1.29, 1.82) is 0 Å². The largest absolute Gasteiger partial charge is 0.398 e. The van der Waals surface area contributed by atoms with Gasteiger partial charge in [-0.1, -0.05) is 0 Å². The van der Waals surface area contributed by atoms with Gasteiger partial charge in [-0.15, -0.1) is 0 Å². The Morgan fingerprint density at radius 1 is 1.16 bits per heavy atom. The molecule has 100 valence electrons. The average Bonchev–Trinajstić information content (AvgIpc) is 2.34. The van der Waals surface area contributed by atoms with Crippen molar-refractivity contribution < 1.29 is 8.42 Å². The fourth-order valence-electron chi connectivity index (χ4n) is 1.69. The summed E-state index contributed by atoms with van der Waals surface area (Å²) in [5, 5.41) is 0. The Labute approximate surface area is 111 Å². The number of anilines is 2. The highest BCUT2D eigenvalue weighted by atomic mass is 32.2. The SMILES string of the molecule is Cc1cc(N)c(C)c(S(=O)(=O)Nc2cncnc2)c1. The molecule has 1 aromatic carbocycles. The predicted octanol–water partition coefficient (Wildman–Crippen LogP) is 1.48. The van der Waals surface area contributed by atoms with Gasteiger partial charge in [-0.3, -0.25) is 4.72 Å². The van der Waals surface area contributed by atoms with Crippen molar-refractivity contribution in [2.45, 2.75) is 18.7 Å². The molecule has 1 heterocycles. The van der Waals surface area contributed by atoms with E-state index in [-0.39, 0.29) is 4.90 Å². The maximum atomic E-state index is 12.3. The smallest absolute Gasteiger partial charge is 0.262 e. The number of nitrogens with zero attached hydrogens (tertiary/aromatic N) is 2. The zero-order valence-corrected chi connectivity index (χ0v) is 11.4. The molecule has 0 fully saturated rings. The molecule has 0 aliphatic rings. The van der Waals surface area contributed by atoms with E-state index in [1.807, 2.05) is 0 Å². The van der Waals surface area contributed by atoms with Crippen LogP contribution in [0.15, 0.2) is 35.7 Å². The van der Waals surface area contributed by atoms with Crippen LogP contribution in [0.25, 0.3) is 0 Å². The summed E-state index contributed by atoms with van der Waals surface area (Å²) in [6, 6.07) is 3.32. The Kier molecular flexibility index (Phi) is 3.39. The second-order valence-electron chi connectivity index (χ2n) is 4.21. The third-order valence-electron chi connectivity index (χ3n) is 2.65. The van der Waals surface area contributed by atoms with Crippen LogP contribution >= 0.6 is 0 Å². The van der Waals surface area contributed by atoms with E-state index in [0.717, 1.165) is 5.56 Å². The number of sulfonamides is 1. The van der Waals surface area contributed by atoms with E-state index >= 15 is 0 Å². The predicted molar refractivity (Wildman–Crippen MR) is 73.2 cm³/mol. The second-order valence-corrected chi connectivity index (χ2v) is 5.86. The summed E-state index contributed by atoms with van der Waals surface area (Å²) < 4.78 is 27.0. The van der Waals surface area contributed by atoms with Crippen LogP contribution in [-0.2, 0) is 10.0 Å². The van der Waals surface area contributed by atoms with Gasteiger partial charge < -0.3 is 5.73 Å². The lowest BCUT2D eigenvalue weighted by Gasteiger charge is -2.12. The molecule has 1 aromatic heterocycles. The van der Waals surface area contributed by atoms with Gasteiger partial charge in [0.25, 0.3) is 10.0 Å². The summed E-state index contributed by atoms with van der Waals surface area (Å²) >= 11 is 0. The van der Waals surface area contributed by atoms with Crippen molar-refractivity contribution in [2.24, 2.45) is 0 Å². The molecule has 0 aliphatic heterocycles. The molecule has 0 radical (unpaired) electrons. The van der Waals surface area contributed by atoms with Crippen LogP contribution in [0.1, 0.15) is 11.1 Å². The Morgan fingerprint density at radius 2 is 1.79 bits per heavy atom. The Hall–Kier alpha value is -2.15. The van der Waals surface area contributed by atoms with Crippen molar-refractivity contribution in [3.8, 4) is 0 Å². The van der Waals surface area contributed by atoms with Crippen LogP contribution in [0, 0.1) is 13.8 Å². The lowest BCUT2D eigenvalue weighted by Crippen LogP contribution is -2.15. The number of rotatable bonds is 3. The van der Waals surface area contributed by atoms with E-state index in [0.29, 0.717) is 16.9 Å². The van der Waals surface area contributed by atoms with E-state index in [1.165, 1.54) is 18.7 Å². The number of nitrogens with one attached hydrogen (secondary N) is 1. The number of benzene rings is 1. The van der Waals surface area contributed by atoms with Crippen molar-refractivity contribution in [3.63, 3.8) is 0 Å². The molecule has 6 nitrogen and oxygen atoms in total. The van der Waals surface area contributed by atoms with Gasteiger partial charge in [0, 0.05) is 5.69 Å².